The van der Waals surface area contributed by atoms with Crippen LogP contribution in [0.25, 0.3) is 0 Å². The molecule has 0 aromatic rings. The second kappa shape index (κ2) is 29.1. The zero-order valence-corrected chi connectivity index (χ0v) is 30.8. The molecule has 0 spiro atoms. The topological polar surface area (TPSA) is 105 Å². The van der Waals surface area contributed by atoms with Gasteiger partial charge in [-0.25, -0.2) is 4.57 Å². The number of amides is 1. The van der Waals surface area contributed by atoms with Crippen molar-refractivity contribution in [1.82, 2.24) is 5.32 Å². The highest BCUT2D eigenvalue weighted by atomic mass is 31.2. The lowest BCUT2D eigenvalue weighted by atomic mass is 10.0. The molecule has 9 heteroatoms. The first-order valence-corrected chi connectivity index (χ1v) is 19.7. The van der Waals surface area contributed by atoms with Crippen LogP contribution in [0.1, 0.15) is 149 Å². The summed E-state index contributed by atoms with van der Waals surface area (Å²) in [7, 11) is 1.58. The van der Waals surface area contributed by atoms with Gasteiger partial charge < -0.3 is 19.8 Å². The highest BCUT2D eigenvalue weighted by Crippen LogP contribution is 2.43. The Morgan fingerprint density at radius 2 is 1.27 bits per heavy atom. The number of hydrogen-bond acceptors (Lipinski definition) is 5. The molecule has 3 N–H and O–H groups in total. The highest BCUT2D eigenvalue weighted by Gasteiger charge is 2.28. The lowest BCUT2D eigenvalue weighted by molar-refractivity contribution is -0.870. The van der Waals surface area contributed by atoms with Crippen molar-refractivity contribution in [3.8, 4) is 0 Å². The molecule has 0 aromatic carbocycles. The average Bonchev–Trinajstić information content (AvgIpc) is 2.97. The molecular formula is C36H72N2O6P+. The molecule has 0 rings (SSSR count). The van der Waals surface area contributed by atoms with Crippen LogP contribution in [0.5, 0.6) is 0 Å². The molecule has 0 saturated heterocycles. The molecule has 3 unspecified atom stereocenters. The highest BCUT2D eigenvalue weighted by molar-refractivity contribution is 7.47. The van der Waals surface area contributed by atoms with E-state index in [1.54, 1.807) is 0 Å². The van der Waals surface area contributed by atoms with E-state index in [2.05, 4.69) is 37.4 Å². The molecule has 0 bridgehead atoms. The number of carbonyl (C=O) groups is 1. The van der Waals surface area contributed by atoms with Crippen LogP contribution in [0.4, 0.5) is 0 Å². The van der Waals surface area contributed by atoms with Crippen LogP contribution in [0, 0.1) is 0 Å². The number of aliphatic hydroxyl groups is 1. The third-order valence-corrected chi connectivity index (χ3v) is 8.95. The first-order valence-electron chi connectivity index (χ1n) is 18.2. The van der Waals surface area contributed by atoms with Crippen LogP contribution in [0.3, 0.4) is 0 Å². The van der Waals surface area contributed by atoms with Gasteiger partial charge in [0, 0.05) is 6.42 Å². The predicted molar refractivity (Wildman–Crippen MR) is 189 cm³/mol. The van der Waals surface area contributed by atoms with E-state index in [1.165, 1.54) is 83.5 Å². The van der Waals surface area contributed by atoms with E-state index >= 15 is 0 Å². The molecule has 0 aliphatic carbocycles. The minimum Gasteiger partial charge on any atom is -0.391 e. The fourth-order valence-corrected chi connectivity index (χ4v) is 5.71. The third kappa shape index (κ3) is 31.4. The van der Waals surface area contributed by atoms with Crippen molar-refractivity contribution in [1.29, 1.82) is 0 Å². The molecule has 0 aromatic heterocycles. The van der Waals surface area contributed by atoms with E-state index in [-0.39, 0.29) is 25.5 Å². The van der Waals surface area contributed by atoms with Crippen LogP contribution in [0.2, 0.25) is 0 Å². The summed E-state index contributed by atoms with van der Waals surface area (Å²) in [5, 5.41) is 13.8. The number of nitrogens with one attached hydrogen (secondary N) is 1. The Balaban J connectivity index is 4.60. The smallest absolute Gasteiger partial charge is 0.391 e. The van der Waals surface area contributed by atoms with Crippen molar-refractivity contribution in [2.45, 2.75) is 161 Å². The van der Waals surface area contributed by atoms with Crippen LogP contribution < -0.4 is 5.32 Å². The van der Waals surface area contributed by atoms with Crippen LogP contribution >= 0.6 is 7.82 Å². The van der Waals surface area contributed by atoms with Crippen molar-refractivity contribution in [3.63, 3.8) is 0 Å². The van der Waals surface area contributed by atoms with Gasteiger partial charge in [0.15, 0.2) is 0 Å². The number of rotatable bonds is 32. The summed E-state index contributed by atoms with van der Waals surface area (Å²) >= 11 is 0. The molecule has 45 heavy (non-hydrogen) atoms. The molecule has 0 saturated carbocycles. The molecule has 8 nitrogen and oxygen atoms in total. The standard InChI is InChI=1S/C36H71N2O6P/c1-6-8-10-12-14-16-18-19-20-22-24-26-28-30-36(40)37-34(33-44-45(41,42)43-32-31-38(3,4)5)35(39)29-27-25-23-21-17-15-13-11-9-7-2/h19-20,24,26,34-35,39H,6-18,21-23,25,27-33H2,1-5H3,(H-,37,40,41,42)/p+1/b20-19-,26-24-. The summed E-state index contributed by atoms with van der Waals surface area (Å²) in [5.74, 6) is -0.215. The predicted octanol–water partition coefficient (Wildman–Crippen LogP) is 9.02. The van der Waals surface area contributed by atoms with Gasteiger partial charge in [-0.05, 0) is 32.1 Å². The van der Waals surface area contributed by atoms with Gasteiger partial charge in [-0.1, -0.05) is 134 Å². The van der Waals surface area contributed by atoms with Gasteiger partial charge in [-0.2, -0.15) is 0 Å². The molecular weight excluding hydrogens is 587 g/mol. The van der Waals surface area contributed by atoms with Gasteiger partial charge in [0.05, 0.1) is 39.9 Å². The average molecular weight is 660 g/mol. The van der Waals surface area contributed by atoms with Gasteiger partial charge >= 0.3 is 7.82 Å². The van der Waals surface area contributed by atoms with Crippen molar-refractivity contribution in [2.24, 2.45) is 0 Å². The molecule has 0 fully saturated rings. The minimum atomic E-state index is -4.31. The number of aliphatic hydroxyl groups excluding tert-OH is 1. The second-order valence-electron chi connectivity index (χ2n) is 13.6. The fraction of sp³-hybridized carbons (Fsp3) is 0.861. The number of phosphoric acid groups is 1. The van der Waals surface area contributed by atoms with E-state index in [1.807, 2.05) is 27.2 Å². The number of phosphoric ester groups is 1. The minimum absolute atomic E-state index is 0.0655. The first kappa shape index (κ1) is 44.0. The Labute approximate surface area is 277 Å². The normalized spacial score (nSPS) is 15.1. The number of quaternary nitrogens is 1. The fourth-order valence-electron chi connectivity index (χ4n) is 4.98. The van der Waals surface area contributed by atoms with Crippen LogP contribution in [0.15, 0.2) is 24.3 Å². The summed E-state index contributed by atoms with van der Waals surface area (Å²) in [4.78, 5) is 22.9. The van der Waals surface area contributed by atoms with Gasteiger partial charge in [-0.15, -0.1) is 0 Å². The summed E-state index contributed by atoms with van der Waals surface area (Å²) in [6.45, 7) is 4.79. The Morgan fingerprint density at radius 3 is 1.82 bits per heavy atom. The van der Waals surface area contributed by atoms with E-state index in [4.69, 9.17) is 9.05 Å². The van der Waals surface area contributed by atoms with Crippen molar-refractivity contribution < 1.29 is 32.9 Å². The van der Waals surface area contributed by atoms with Crippen LogP contribution in [-0.2, 0) is 18.4 Å². The van der Waals surface area contributed by atoms with Gasteiger partial charge in [0.25, 0.3) is 0 Å². The number of likely N-dealkylation sites (N-methyl/N-ethyl adjacent to an activating group) is 1. The van der Waals surface area contributed by atoms with E-state index in [9.17, 15) is 19.4 Å². The van der Waals surface area contributed by atoms with Gasteiger partial charge in [-0.3, -0.25) is 13.8 Å². The lowest BCUT2D eigenvalue weighted by Crippen LogP contribution is -2.46. The SMILES string of the molecule is CCCCCCCC/C=C\C/C=C\CCC(=O)NC(COP(=O)(O)OCC[N+](C)(C)C)C(O)CCCCCCCCCCCC. The quantitative estimate of drug-likeness (QED) is 0.0288. The Morgan fingerprint density at radius 1 is 0.756 bits per heavy atom. The summed E-state index contributed by atoms with van der Waals surface area (Å²) in [5.41, 5.74) is 0. The molecule has 0 radical (unpaired) electrons. The first-order chi connectivity index (χ1) is 21.5. The molecule has 266 valence electrons. The van der Waals surface area contributed by atoms with Crippen molar-refractivity contribution in [3.05, 3.63) is 24.3 Å². The van der Waals surface area contributed by atoms with E-state index in [0.29, 0.717) is 23.9 Å². The lowest BCUT2D eigenvalue weighted by Gasteiger charge is -2.26. The van der Waals surface area contributed by atoms with Crippen LogP contribution in [-0.4, -0.2) is 73.4 Å². The van der Waals surface area contributed by atoms with Gasteiger partial charge in [0.2, 0.25) is 5.91 Å². The number of unbranched alkanes of at least 4 members (excludes halogenated alkanes) is 15. The van der Waals surface area contributed by atoms with E-state index in [0.717, 1.165) is 32.1 Å². The zero-order valence-electron chi connectivity index (χ0n) is 29.9. The maximum atomic E-state index is 12.7. The van der Waals surface area contributed by atoms with Crippen molar-refractivity contribution in [2.75, 3.05) is 40.9 Å². The van der Waals surface area contributed by atoms with Gasteiger partial charge in [0.1, 0.15) is 13.2 Å². The number of hydrogen-bond donors (Lipinski definition) is 3. The summed E-state index contributed by atoms with van der Waals surface area (Å²) in [6.07, 6.45) is 30.7. The number of allylic oxidation sites excluding steroid dienone is 4. The monoisotopic (exact) mass is 660 g/mol. The Bertz CT molecular complexity index is 799. The van der Waals surface area contributed by atoms with Crippen molar-refractivity contribution >= 4 is 13.7 Å². The third-order valence-electron chi connectivity index (χ3n) is 7.97. The number of nitrogens with zero attached hydrogens (tertiary/aromatic N) is 1. The Kier molecular flexibility index (Phi) is 28.5. The number of carbonyl (C=O) groups excluding carboxylic acids is 1. The molecule has 0 heterocycles. The maximum Gasteiger partial charge on any atom is 0.472 e. The summed E-state index contributed by atoms with van der Waals surface area (Å²) in [6, 6.07) is -0.785. The van der Waals surface area contributed by atoms with E-state index < -0.39 is 20.0 Å². The largest absolute Gasteiger partial charge is 0.472 e. The molecule has 1 amide bonds. The Hall–Kier alpha value is -1.02. The molecule has 0 aliphatic heterocycles. The molecule has 0 aliphatic rings. The molecule has 3 atom stereocenters. The second-order valence-corrected chi connectivity index (χ2v) is 15.1. The zero-order chi connectivity index (χ0) is 33.7. The maximum absolute atomic E-state index is 12.7. The summed E-state index contributed by atoms with van der Waals surface area (Å²) < 4.78 is 23.4.